The highest BCUT2D eigenvalue weighted by Gasteiger charge is 1.76. The Labute approximate surface area is 49.5 Å². The van der Waals surface area contributed by atoms with Crippen LogP contribution in [0.2, 0.25) is 0 Å². The van der Waals surface area contributed by atoms with E-state index < -0.39 is 0 Å². The van der Waals surface area contributed by atoms with Gasteiger partial charge in [0, 0.05) is 28.7 Å². The first kappa shape index (κ1) is 4.00. The molecule has 0 bridgehead atoms. The largest absolute Gasteiger partial charge is 0.400 e. The van der Waals surface area contributed by atoms with Crippen molar-refractivity contribution in [1.82, 2.24) is 0 Å². The van der Waals surface area contributed by atoms with Crippen LogP contribution in [0.15, 0.2) is 10.5 Å². The molecule has 0 amide bonds. The molecule has 6 heavy (non-hydrogen) atoms. The van der Waals surface area contributed by atoms with Crippen molar-refractivity contribution in [2.45, 2.75) is 0 Å². The summed E-state index contributed by atoms with van der Waals surface area (Å²) in [6.45, 7) is 0. The van der Waals surface area contributed by atoms with Crippen molar-refractivity contribution in [3.05, 3.63) is 22.2 Å². The lowest BCUT2D eigenvalue weighted by molar-refractivity contribution is 0.536. The lowest BCUT2D eigenvalue weighted by atomic mass is 10.8. The van der Waals surface area contributed by atoms with Gasteiger partial charge in [-0.2, -0.15) is 0 Å². The van der Waals surface area contributed by atoms with Crippen LogP contribution in [-0.4, -0.2) is 0 Å². The highest BCUT2D eigenvalue weighted by atomic mass is 127. The molecule has 0 N–H and O–H groups in total. The molecule has 0 aliphatic carbocycles. The van der Waals surface area contributed by atoms with Crippen LogP contribution < -0.4 is 0 Å². The van der Waals surface area contributed by atoms with Gasteiger partial charge in [-0.25, -0.2) is 0 Å². The van der Waals surface area contributed by atoms with E-state index in [9.17, 15) is 0 Å². The Kier molecular flexibility index (Phi) is 1.01. The molecule has 0 aliphatic rings. The minimum atomic E-state index is 0.826. The summed E-state index contributed by atoms with van der Waals surface area (Å²) < 4.78 is 5.47. The Bertz CT molecular complexity index is 111. The van der Waals surface area contributed by atoms with Gasteiger partial charge in [-0.3, -0.25) is 0 Å². The topological polar surface area (TPSA) is 13.1 Å². The zero-order chi connectivity index (χ0) is 4.41. The van der Waals surface area contributed by atoms with Crippen LogP contribution in [0.4, 0.5) is 0 Å². The molecular formula is C4HIO. The first-order chi connectivity index (χ1) is 2.89. The summed E-state index contributed by atoms with van der Waals surface area (Å²) in [5.41, 5.74) is 0. The second-order valence-corrected chi connectivity index (χ2v) is 1.86. The molecule has 30 valence electrons. The molecule has 0 fully saturated rings. The van der Waals surface area contributed by atoms with Gasteiger partial charge in [-0.1, -0.05) is 0 Å². The predicted octanol–water partition coefficient (Wildman–Crippen LogP) is 1.48. The lowest BCUT2D eigenvalue weighted by Gasteiger charge is -1.63. The van der Waals surface area contributed by atoms with E-state index in [0.29, 0.717) is 0 Å². The van der Waals surface area contributed by atoms with Crippen molar-refractivity contribution >= 4 is 22.6 Å². The van der Waals surface area contributed by atoms with Crippen molar-refractivity contribution in [1.29, 1.82) is 0 Å². The second kappa shape index (κ2) is 1.52. The fraction of sp³-hybridized carbons (Fsp3) is 0. The molecule has 1 aromatic rings. The van der Waals surface area contributed by atoms with Crippen molar-refractivity contribution in [3.8, 4) is 0 Å². The SMILES string of the molecule is Ic1cc#co1. The van der Waals surface area contributed by atoms with Gasteiger partial charge in [-0.05, 0) is 6.07 Å². The maximum atomic E-state index is 4.64. The highest BCUT2D eigenvalue weighted by Crippen LogP contribution is 1.96. The Hall–Kier alpha value is -0.170. The molecular weight excluding hydrogens is 191 g/mol. The van der Waals surface area contributed by atoms with Crippen molar-refractivity contribution in [2.75, 3.05) is 0 Å². The molecule has 0 saturated carbocycles. The predicted molar refractivity (Wildman–Crippen MR) is 29.1 cm³/mol. The van der Waals surface area contributed by atoms with Crippen LogP contribution in [0, 0.1) is 16.1 Å². The Morgan fingerprint density at radius 2 is 2.67 bits per heavy atom. The number of hydrogen-bond acceptors (Lipinski definition) is 1. The quantitative estimate of drug-likeness (QED) is 0.567. The van der Waals surface area contributed by atoms with Crippen LogP contribution >= 0.6 is 22.6 Å². The van der Waals surface area contributed by atoms with Crippen molar-refractivity contribution < 1.29 is 4.42 Å². The van der Waals surface area contributed by atoms with Gasteiger partial charge in [0.2, 0.25) is 0 Å². The van der Waals surface area contributed by atoms with Crippen molar-refractivity contribution in [2.24, 2.45) is 0 Å². The number of halogens is 1. The van der Waals surface area contributed by atoms with E-state index in [1.54, 1.807) is 6.07 Å². The first-order valence-electron chi connectivity index (χ1n) is 1.42. The van der Waals surface area contributed by atoms with E-state index >= 15 is 0 Å². The van der Waals surface area contributed by atoms with Gasteiger partial charge in [0.05, 0.1) is 0 Å². The Balaban J connectivity index is 3.05. The Morgan fingerprint density at radius 1 is 1.83 bits per heavy atom. The highest BCUT2D eigenvalue weighted by molar-refractivity contribution is 14.1. The lowest BCUT2D eigenvalue weighted by Crippen LogP contribution is -1.45. The zero-order valence-corrected chi connectivity index (χ0v) is 5.02. The summed E-state index contributed by atoms with van der Waals surface area (Å²) in [6.07, 6.45) is 2.42. The average Bonchev–Trinajstić information content (AvgIpc) is 1.86. The fourth-order valence-corrected chi connectivity index (χ4v) is 0.460. The molecule has 0 spiro atoms. The van der Waals surface area contributed by atoms with E-state index in [2.05, 4.69) is 16.7 Å². The summed E-state index contributed by atoms with van der Waals surface area (Å²) >= 11 is 2.05. The standard InChI is InChI=1S/C4HIO/c5-4-2-1-3-6-4/h2H. The molecule has 1 rings (SSSR count). The minimum Gasteiger partial charge on any atom is -0.400 e. The van der Waals surface area contributed by atoms with Crippen LogP contribution in [0.5, 0.6) is 0 Å². The van der Waals surface area contributed by atoms with Gasteiger partial charge in [0.1, 0.15) is 6.26 Å². The van der Waals surface area contributed by atoms with E-state index in [1.165, 1.54) is 0 Å². The van der Waals surface area contributed by atoms with Crippen LogP contribution in [0.3, 0.4) is 0 Å². The maximum absolute atomic E-state index is 4.64. The minimum absolute atomic E-state index is 0.826. The van der Waals surface area contributed by atoms with Gasteiger partial charge in [0.15, 0.2) is 3.77 Å². The molecule has 2 heteroatoms. The number of hydrogen-bond donors (Lipinski definition) is 0. The third-order valence-electron chi connectivity index (χ3n) is 0.393. The van der Waals surface area contributed by atoms with Gasteiger partial charge in [-0.15, -0.1) is 0 Å². The van der Waals surface area contributed by atoms with Crippen molar-refractivity contribution in [3.63, 3.8) is 0 Å². The monoisotopic (exact) mass is 192 g/mol. The summed E-state index contributed by atoms with van der Waals surface area (Å²) in [5.74, 6) is 0. The summed E-state index contributed by atoms with van der Waals surface area (Å²) in [5, 5.41) is 0. The molecule has 0 unspecified atom stereocenters. The second-order valence-electron chi connectivity index (χ2n) is 0.797. The number of rotatable bonds is 0. The van der Waals surface area contributed by atoms with Gasteiger partial charge >= 0.3 is 0 Å². The van der Waals surface area contributed by atoms with Gasteiger partial charge in [0.25, 0.3) is 0 Å². The first-order valence-corrected chi connectivity index (χ1v) is 2.50. The van der Waals surface area contributed by atoms with E-state index in [4.69, 9.17) is 0 Å². The Morgan fingerprint density at radius 3 is 2.83 bits per heavy atom. The molecule has 0 aliphatic heterocycles. The van der Waals surface area contributed by atoms with Crippen LogP contribution in [0.1, 0.15) is 0 Å². The third-order valence-corrected chi connectivity index (χ3v) is 0.925. The van der Waals surface area contributed by atoms with Crippen LogP contribution in [-0.2, 0) is 0 Å². The average molecular weight is 192 g/mol. The summed E-state index contributed by atoms with van der Waals surface area (Å²) in [4.78, 5) is 0. The van der Waals surface area contributed by atoms with E-state index in [0.717, 1.165) is 3.77 Å². The van der Waals surface area contributed by atoms with Gasteiger partial charge < -0.3 is 4.42 Å². The van der Waals surface area contributed by atoms with E-state index in [1.807, 2.05) is 22.6 Å². The zero-order valence-electron chi connectivity index (χ0n) is 2.86. The molecule has 1 aromatic heterocycles. The molecule has 0 aromatic carbocycles. The summed E-state index contributed by atoms with van der Waals surface area (Å²) in [7, 11) is 0. The molecule has 1 nitrogen and oxygen atoms in total. The fourth-order valence-electron chi connectivity index (χ4n) is 0.194. The molecule has 1 heterocycles. The molecule has 0 atom stereocenters. The third kappa shape index (κ3) is 0.658. The molecule has 0 saturated heterocycles. The van der Waals surface area contributed by atoms with Crippen LogP contribution in [0.25, 0.3) is 0 Å². The molecule has 0 radical (unpaired) electrons. The maximum Gasteiger partial charge on any atom is 0.185 e. The summed E-state index contributed by atoms with van der Waals surface area (Å²) in [6, 6.07) is 4.35. The normalized spacial score (nSPS) is 7.50. The van der Waals surface area contributed by atoms with E-state index in [-0.39, 0.29) is 0 Å². The smallest absolute Gasteiger partial charge is 0.185 e.